The van der Waals surface area contributed by atoms with Gasteiger partial charge in [0, 0.05) is 25.7 Å². The maximum Gasteiger partial charge on any atom is 0.0802 e. The first kappa shape index (κ1) is 13.8. The van der Waals surface area contributed by atoms with E-state index in [1.54, 1.807) is 0 Å². The Morgan fingerprint density at radius 1 is 1.11 bits per heavy atom. The molecular formula is C16H30N2O. The number of rotatable bonds is 5. The Morgan fingerprint density at radius 2 is 1.95 bits per heavy atom. The van der Waals surface area contributed by atoms with E-state index in [4.69, 9.17) is 4.74 Å². The predicted molar refractivity (Wildman–Crippen MR) is 78.4 cm³/mol. The normalized spacial score (nSPS) is 38.1. The predicted octanol–water partition coefficient (Wildman–Crippen LogP) is 2.46. The van der Waals surface area contributed by atoms with Gasteiger partial charge in [-0.25, -0.2) is 0 Å². The molecule has 2 saturated carbocycles. The maximum atomic E-state index is 5.75. The average Bonchev–Trinajstić information content (AvgIpc) is 2.92. The van der Waals surface area contributed by atoms with Crippen LogP contribution in [0, 0.1) is 5.92 Å². The van der Waals surface area contributed by atoms with Crippen molar-refractivity contribution in [2.24, 2.45) is 5.92 Å². The highest BCUT2D eigenvalue weighted by Crippen LogP contribution is 2.36. The van der Waals surface area contributed by atoms with Gasteiger partial charge in [0.25, 0.3) is 0 Å². The number of ether oxygens (including phenoxy) is 1. The molecule has 3 fully saturated rings. The molecule has 3 nitrogen and oxygen atoms in total. The van der Waals surface area contributed by atoms with Crippen LogP contribution < -0.4 is 10.6 Å². The Balaban J connectivity index is 1.54. The zero-order valence-electron chi connectivity index (χ0n) is 12.4. The second-order valence-corrected chi connectivity index (χ2v) is 6.88. The lowest BCUT2D eigenvalue weighted by Gasteiger charge is -2.44. The Morgan fingerprint density at radius 3 is 2.58 bits per heavy atom. The molecule has 0 aromatic heterocycles. The second-order valence-electron chi connectivity index (χ2n) is 6.88. The van der Waals surface area contributed by atoms with Crippen molar-refractivity contribution in [2.45, 2.75) is 75.5 Å². The van der Waals surface area contributed by atoms with Crippen LogP contribution in [0.2, 0.25) is 0 Å². The van der Waals surface area contributed by atoms with Gasteiger partial charge in [0.1, 0.15) is 0 Å². The standard InChI is InChI=1S/C16H30N2O/c1-19-16(9-5-10-16)12-18-15-7-3-2-6-13(15)14-8-4-11-17-14/h13-15,17-18H,2-12H2,1H3. The molecule has 3 atom stereocenters. The van der Waals surface area contributed by atoms with Crippen molar-refractivity contribution in [3.63, 3.8) is 0 Å². The molecule has 0 amide bonds. The van der Waals surface area contributed by atoms with E-state index in [1.165, 1.54) is 64.3 Å². The first-order valence-electron chi connectivity index (χ1n) is 8.35. The minimum Gasteiger partial charge on any atom is -0.377 e. The van der Waals surface area contributed by atoms with Crippen molar-refractivity contribution in [3.05, 3.63) is 0 Å². The molecule has 0 bridgehead atoms. The molecule has 1 aliphatic heterocycles. The third-order valence-corrected chi connectivity index (χ3v) is 5.82. The van der Waals surface area contributed by atoms with Gasteiger partial charge in [0.2, 0.25) is 0 Å². The highest BCUT2D eigenvalue weighted by Gasteiger charge is 2.39. The van der Waals surface area contributed by atoms with Crippen LogP contribution in [-0.2, 0) is 4.74 Å². The van der Waals surface area contributed by atoms with Crippen LogP contribution in [0.3, 0.4) is 0 Å². The van der Waals surface area contributed by atoms with Gasteiger partial charge in [-0.05, 0) is 57.4 Å². The molecule has 2 N–H and O–H groups in total. The Bertz CT molecular complexity index is 279. The lowest BCUT2D eigenvalue weighted by Crippen LogP contribution is -2.54. The summed E-state index contributed by atoms with van der Waals surface area (Å²) in [6, 6.07) is 1.50. The molecule has 0 aromatic rings. The minimum atomic E-state index is 0.172. The number of hydrogen-bond donors (Lipinski definition) is 2. The molecule has 19 heavy (non-hydrogen) atoms. The molecule has 3 unspecified atom stereocenters. The quantitative estimate of drug-likeness (QED) is 0.802. The number of methoxy groups -OCH3 is 1. The van der Waals surface area contributed by atoms with Crippen LogP contribution >= 0.6 is 0 Å². The van der Waals surface area contributed by atoms with Crippen LogP contribution in [0.5, 0.6) is 0 Å². The molecule has 3 rings (SSSR count). The number of nitrogens with one attached hydrogen (secondary N) is 2. The first-order chi connectivity index (χ1) is 9.33. The monoisotopic (exact) mass is 266 g/mol. The Labute approximate surface area is 117 Å². The summed E-state index contributed by atoms with van der Waals surface area (Å²) < 4.78 is 5.75. The van der Waals surface area contributed by atoms with Crippen molar-refractivity contribution in [2.75, 3.05) is 20.2 Å². The second kappa shape index (κ2) is 6.11. The summed E-state index contributed by atoms with van der Waals surface area (Å²) in [4.78, 5) is 0. The van der Waals surface area contributed by atoms with Crippen LogP contribution in [0.4, 0.5) is 0 Å². The minimum absolute atomic E-state index is 0.172. The van der Waals surface area contributed by atoms with E-state index in [9.17, 15) is 0 Å². The summed E-state index contributed by atoms with van der Waals surface area (Å²) >= 11 is 0. The summed E-state index contributed by atoms with van der Waals surface area (Å²) in [5, 5.41) is 7.60. The van der Waals surface area contributed by atoms with Crippen LogP contribution in [0.25, 0.3) is 0 Å². The van der Waals surface area contributed by atoms with E-state index in [0.29, 0.717) is 0 Å². The Hall–Kier alpha value is -0.120. The van der Waals surface area contributed by atoms with Gasteiger partial charge in [0.05, 0.1) is 5.60 Å². The van der Waals surface area contributed by atoms with Gasteiger partial charge in [-0.1, -0.05) is 12.8 Å². The molecule has 3 aliphatic rings. The van der Waals surface area contributed by atoms with Crippen molar-refractivity contribution >= 4 is 0 Å². The molecule has 3 heteroatoms. The summed E-state index contributed by atoms with van der Waals surface area (Å²) in [7, 11) is 1.89. The number of hydrogen-bond acceptors (Lipinski definition) is 3. The fourth-order valence-electron chi connectivity index (χ4n) is 4.31. The fraction of sp³-hybridized carbons (Fsp3) is 1.00. The van der Waals surface area contributed by atoms with Crippen LogP contribution in [-0.4, -0.2) is 37.9 Å². The van der Waals surface area contributed by atoms with Gasteiger partial charge < -0.3 is 15.4 Å². The van der Waals surface area contributed by atoms with E-state index in [0.717, 1.165) is 24.5 Å². The van der Waals surface area contributed by atoms with Gasteiger partial charge in [-0.2, -0.15) is 0 Å². The van der Waals surface area contributed by atoms with Crippen molar-refractivity contribution in [1.82, 2.24) is 10.6 Å². The molecular weight excluding hydrogens is 236 g/mol. The third kappa shape index (κ3) is 2.98. The van der Waals surface area contributed by atoms with Crippen LogP contribution in [0.1, 0.15) is 57.8 Å². The van der Waals surface area contributed by atoms with E-state index < -0.39 is 0 Å². The van der Waals surface area contributed by atoms with Gasteiger partial charge in [-0.3, -0.25) is 0 Å². The SMILES string of the molecule is COC1(CNC2CCCCC2C2CCCN2)CCC1. The van der Waals surface area contributed by atoms with Crippen LogP contribution in [0.15, 0.2) is 0 Å². The smallest absolute Gasteiger partial charge is 0.0802 e. The summed E-state index contributed by atoms with van der Waals surface area (Å²) in [6.45, 7) is 2.30. The molecule has 2 aliphatic carbocycles. The lowest BCUT2D eigenvalue weighted by atomic mass is 9.77. The highest BCUT2D eigenvalue weighted by atomic mass is 16.5. The molecule has 0 aromatic carbocycles. The largest absolute Gasteiger partial charge is 0.377 e. The Kier molecular flexibility index (Phi) is 4.45. The molecule has 0 spiro atoms. The van der Waals surface area contributed by atoms with E-state index in [1.807, 2.05) is 7.11 Å². The molecule has 110 valence electrons. The highest BCUT2D eigenvalue weighted by molar-refractivity contribution is 4.96. The van der Waals surface area contributed by atoms with Gasteiger partial charge >= 0.3 is 0 Å². The van der Waals surface area contributed by atoms with E-state index in [-0.39, 0.29) is 5.60 Å². The third-order valence-electron chi connectivity index (χ3n) is 5.82. The molecule has 1 heterocycles. The van der Waals surface area contributed by atoms with Gasteiger partial charge in [-0.15, -0.1) is 0 Å². The van der Waals surface area contributed by atoms with Crippen molar-refractivity contribution in [3.8, 4) is 0 Å². The average molecular weight is 266 g/mol. The summed E-state index contributed by atoms with van der Waals surface area (Å²) in [6.07, 6.45) is 12.2. The topological polar surface area (TPSA) is 33.3 Å². The summed E-state index contributed by atoms with van der Waals surface area (Å²) in [5.74, 6) is 0.852. The van der Waals surface area contributed by atoms with Crippen molar-refractivity contribution in [1.29, 1.82) is 0 Å². The fourth-order valence-corrected chi connectivity index (χ4v) is 4.31. The molecule has 0 radical (unpaired) electrons. The molecule has 1 saturated heterocycles. The maximum absolute atomic E-state index is 5.75. The van der Waals surface area contributed by atoms with E-state index >= 15 is 0 Å². The van der Waals surface area contributed by atoms with Crippen molar-refractivity contribution < 1.29 is 4.74 Å². The zero-order valence-corrected chi connectivity index (χ0v) is 12.4. The lowest BCUT2D eigenvalue weighted by molar-refractivity contribution is -0.0727. The summed E-state index contributed by atoms with van der Waals surface area (Å²) in [5.41, 5.74) is 0.172. The first-order valence-corrected chi connectivity index (χ1v) is 8.35. The van der Waals surface area contributed by atoms with Gasteiger partial charge in [0.15, 0.2) is 0 Å². The zero-order chi connectivity index (χ0) is 13.1. The van der Waals surface area contributed by atoms with E-state index in [2.05, 4.69) is 10.6 Å².